The highest BCUT2D eigenvalue weighted by molar-refractivity contribution is 7.90. The van der Waals surface area contributed by atoms with Crippen molar-refractivity contribution in [1.29, 1.82) is 0 Å². The first-order valence-corrected chi connectivity index (χ1v) is 9.17. The molecule has 0 saturated carbocycles. The van der Waals surface area contributed by atoms with Crippen molar-refractivity contribution >= 4 is 9.84 Å². The normalized spacial score (nSPS) is 20.4. The minimum Gasteiger partial charge on any atom is -0.494 e. The molecule has 2 rings (SSSR count). The third-order valence-electron chi connectivity index (χ3n) is 3.62. The zero-order chi connectivity index (χ0) is 15.3. The zero-order valence-electron chi connectivity index (χ0n) is 12.4. The Hall–Kier alpha value is -1.11. The number of hydrogen-bond donors (Lipinski definition) is 1. The number of aliphatic hydroxyl groups is 1. The topological polar surface area (TPSA) is 66.8 Å². The molecule has 21 heavy (non-hydrogen) atoms. The summed E-state index contributed by atoms with van der Waals surface area (Å²) in [7, 11) is -3.15. The molecule has 0 radical (unpaired) electrons. The lowest BCUT2D eigenvalue weighted by molar-refractivity contribution is 0.0679. The van der Waals surface area contributed by atoms with Crippen LogP contribution in [0.25, 0.3) is 0 Å². The monoisotopic (exact) mass is 313 g/mol. The van der Waals surface area contributed by atoms with Gasteiger partial charge in [-0.3, -0.25) is 0 Å². The molecular weight excluding hydrogens is 290 g/mol. The number of aliphatic hydroxyl groups excluding tert-OH is 1. The number of rotatable bonds is 6. The van der Waals surface area contributed by atoms with Gasteiger partial charge < -0.3 is 14.7 Å². The number of sulfone groups is 1. The van der Waals surface area contributed by atoms with Crippen LogP contribution in [0.5, 0.6) is 5.75 Å². The van der Waals surface area contributed by atoms with Crippen molar-refractivity contribution < 1.29 is 18.3 Å². The van der Waals surface area contributed by atoms with Crippen LogP contribution < -0.4 is 4.74 Å². The van der Waals surface area contributed by atoms with E-state index in [0.717, 1.165) is 38.9 Å². The second kappa shape index (κ2) is 7.24. The summed E-state index contributed by atoms with van der Waals surface area (Å²) in [6, 6.07) is 6.49. The van der Waals surface area contributed by atoms with E-state index in [2.05, 4.69) is 4.90 Å². The van der Waals surface area contributed by atoms with Gasteiger partial charge in [-0.2, -0.15) is 0 Å². The highest BCUT2D eigenvalue weighted by atomic mass is 32.2. The Morgan fingerprint density at radius 1 is 1.33 bits per heavy atom. The van der Waals surface area contributed by atoms with Gasteiger partial charge in [-0.1, -0.05) is 0 Å². The molecule has 1 atom stereocenters. The first kappa shape index (κ1) is 16.3. The van der Waals surface area contributed by atoms with Crippen LogP contribution in [0.4, 0.5) is 0 Å². The van der Waals surface area contributed by atoms with Crippen molar-refractivity contribution in [3.05, 3.63) is 24.3 Å². The summed E-state index contributed by atoms with van der Waals surface area (Å²) in [5.41, 5.74) is 0. The van der Waals surface area contributed by atoms with Gasteiger partial charge in [0.1, 0.15) is 5.75 Å². The molecule has 5 nitrogen and oxygen atoms in total. The number of nitrogens with zero attached hydrogens (tertiary/aromatic N) is 1. The van der Waals surface area contributed by atoms with Gasteiger partial charge in [0.15, 0.2) is 9.84 Å². The fraction of sp³-hybridized carbons (Fsp3) is 0.600. The van der Waals surface area contributed by atoms with Crippen molar-refractivity contribution in [1.82, 2.24) is 4.90 Å². The van der Waals surface area contributed by atoms with Gasteiger partial charge in [-0.15, -0.1) is 0 Å². The summed E-state index contributed by atoms with van der Waals surface area (Å²) in [6.45, 7) is 3.30. The Morgan fingerprint density at radius 2 is 2.05 bits per heavy atom. The van der Waals surface area contributed by atoms with E-state index >= 15 is 0 Å². The molecule has 1 aromatic carbocycles. The van der Waals surface area contributed by atoms with Crippen molar-refractivity contribution in [2.45, 2.75) is 30.3 Å². The van der Waals surface area contributed by atoms with Gasteiger partial charge in [-0.05, 0) is 50.1 Å². The van der Waals surface area contributed by atoms with Crippen molar-refractivity contribution in [2.75, 3.05) is 32.5 Å². The van der Waals surface area contributed by atoms with Crippen molar-refractivity contribution in [3.8, 4) is 5.75 Å². The molecule has 0 aliphatic carbocycles. The number of hydrogen-bond acceptors (Lipinski definition) is 5. The lowest BCUT2D eigenvalue weighted by Crippen LogP contribution is -2.39. The lowest BCUT2D eigenvalue weighted by atomic mass is 10.1. The van der Waals surface area contributed by atoms with Crippen LogP contribution in [0.2, 0.25) is 0 Å². The van der Waals surface area contributed by atoms with E-state index in [0.29, 0.717) is 17.3 Å². The smallest absolute Gasteiger partial charge is 0.175 e. The Bertz CT molecular complexity index is 541. The van der Waals surface area contributed by atoms with Crippen LogP contribution in [0, 0.1) is 0 Å². The van der Waals surface area contributed by atoms with E-state index in [1.807, 2.05) is 0 Å². The number of β-amino-alcohol motifs (C(OH)–C–C–N with tert-alkyl or cyclic N) is 1. The maximum Gasteiger partial charge on any atom is 0.175 e. The van der Waals surface area contributed by atoms with Gasteiger partial charge in [0.2, 0.25) is 0 Å². The molecule has 1 aliphatic rings. The first-order valence-electron chi connectivity index (χ1n) is 7.28. The van der Waals surface area contributed by atoms with E-state index < -0.39 is 9.84 Å². The maximum absolute atomic E-state index is 11.3. The molecule has 0 aromatic heterocycles. The largest absolute Gasteiger partial charge is 0.494 e. The van der Waals surface area contributed by atoms with Crippen molar-refractivity contribution in [3.63, 3.8) is 0 Å². The Balaban J connectivity index is 1.71. The molecule has 6 heteroatoms. The molecule has 118 valence electrons. The molecule has 0 amide bonds. The molecule has 0 bridgehead atoms. The maximum atomic E-state index is 11.3. The van der Waals surface area contributed by atoms with Crippen LogP contribution in [-0.4, -0.2) is 57.0 Å². The summed E-state index contributed by atoms with van der Waals surface area (Å²) in [5.74, 6) is 0.682. The number of piperidine rings is 1. The van der Waals surface area contributed by atoms with E-state index in [1.165, 1.54) is 6.26 Å². The van der Waals surface area contributed by atoms with Crippen LogP contribution >= 0.6 is 0 Å². The summed E-state index contributed by atoms with van der Waals surface area (Å²) in [5, 5.41) is 9.58. The average molecular weight is 313 g/mol. The summed E-state index contributed by atoms with van der Waals surface area (Å²) in [6.07, 6.45) is 3.84. The SMILES string of the molecule is CS(=O)(=O)c1ccc(OCCCN2CCC[C@@H](O)C2)cc1. The number of ether oxygens (including phenoxy) is 1. The standard InChI is InChI=1S/C15H23NO4S/c1-21(18,19)15-7-5-14(6-8-15)20-11-3-10-16-9-2-4-13(17)12-16/h5-8,13,17H,2-4,9-12H2,1H3/t13-/m1/s1. The fourth-order valence-corrected chi connectivity index (χ4v) is 3.13. The molecule has 1 N–H and O–H groups in total. The quantitative estimate of drug-likeness (QED) is 0.802. The molecular formula is C15H23NO4S. The minimum absolute atomic E-state index is 0.191. The zero-order valence-corrected chi connectivity index (χ0v) is 13.2. The molecule has 1 aliphatic heterocycles. The van der Waals surface area contributed by atoms with Gasteiger partial charge >= 0.3 is 0 Å². The second-order valence-electron chi connectivity index (χ2n) is 5.54. The van der Waals surface area contributed by atoms with Crippen LogP contribution in [-0.2, 0) is 9.84 Å². The van der Waals surface area contributed by atoms with E-state index in [-0.39, 0.29) is 6.10 Å². The molecule has 1 heterocycles. The van der Waals surface area contributed by atoms with Gasteiger partial charge in [-0.25, -0.2) is 8.42 Å². The van der Waals surface area contributed by atoms with Crippen molar-refractivity contribution in [2.24, 2.45) is 0 Å². The first-order chi connectivity index (χ1) is 9.95. The van der Waals surface area contributed by atoms with Crippen LogP contribution in [0.1, 0.15) is 19.3 Å². The predicted molar refractivity (Wildman–Crippen MR) is 81.3 cm³/mol. The molecule has 0 unspecified atom stereocenters. The second-order valence-corrected chi connectivity index (χ2v) is 7.56. The van der Waals surface area contributed by atoms with Gasteiger partial charge in [0, 0.05) is 19.3 Å². The lowest BCUT2D eigenvalue weighted by Gasteiger charge is -2.29. The van der Waals surface area contributed by atoms with Gasteiger partial charge in [0.05, 0.1) is 17.6 Å². The van der Waals surface area contributed by atoms with E-state index in [9.17, 15) is 13.5 Å². The van der Waals surface area contributed by atoms with E-state index in [1.54, 1.807) is 24.3 Å². The highest BCUT2D eigenvalue weighted by Crippen LogP contribution is 2.16. The molecule has 1 aromatic rings. The Labute approximate surface area is 126 Å². The molecule has 0 spiro atoms. The summed E-state index contributed by atoms with van der Waals surface area (Å²) in [4.78, 5) is 2.56. The number of benzene rings is 1. The number of likely N-dealkylation sites (tertiary alicyclic amines) is 1. The minimum atomic E-state index is -3.15. The molecule has 1 saturated heterocycles. The predicted octanol–water partition coefficient (Wildman–Crippen LogP) is 1.32. The molecule has 1 fully saturated rings. The third kappa shape index (κ3) is 5.30. The third-order valence-corrected chi connectivity index (χ3v) is 4.75. The summed E-state index contributed by atoms with van der Waals surface area (Å²) >= 11 is 0. The average Bonchev–Trinajstić information content (AvgIpc) is 2.43. The van der Waals surface area contributed by atoms with E-state index in [4.69, 9.17) is 4.74 Å². The Morgan fingerprint density at radius 3 is 2.67 bits per heavy atom. The van der Waals surface area contributed by atoms with Crippen LogP contribution in [0.15, 0.2) is 29.2 Å². The van der Waals surface area contributed by atoms with Gasteiger partial charge in [0.25, 0.3) is 0 Å². The summed E-state index contributed by atoms with van der Waals surface area (Å²) < 4.78 is 28.3. The fourth-order valence-electron chi connectivity index (χ4n) is 2.50. The van der Waals surface area contributed by atoms with Crippen LogP contribution in [0.3, 0.4) is 0 Å². The Kier molecular flexibility index (Phi) is 5.61. The highest BCUT2D eigenvalue weighted by Gasteiger charge is 2.16.